The molecule has 1 atom stereocenters. The zero-order chi connectivity index (χ0) is 22.2. The van der Waals surface area contributed by atoms with Gasteiger partial charge in [0.15, 0.2) is 0 Å². The molecule has 32 heavy (non-hydrogen) atoms. The average Bonchev–Trinajstić information content (AvgIpc) is 3.16. The van der Waals surface area contributed by atoms with E-state index in [-0.39, 0.29) is 11.0 Å². The molecular weight excluding hydrogens is 422 g/mol. The summed E-state index contributed by atoms with van der Waals surface area (Å²) in [4.78, 5) is 2.50. The Kier molecular flexibility index (Phi) is 8.07. The molecule has 1 aromatic heterocycles. The molecule has 170 valence electrons. The molecule has 6 nitrogen and oxygen atoms in total. The predicted molar refractivity (Wildman–Crippen MR) is 128 cm³/mol. The Hall–Kier alpha value is -2.51. The highest BCUT2D eigenvalue weighted by molar-refractivity contribution is 7.99. The molecule has 1 saturated heterocycles. The number of phenolic OH excluding ortho intramolecular Hbond substituents is 1. The number of nitrogens with zero attached hydrogens (tertiary/aromatic N) is 3. The van der Waals surface area contributed by atoms with Gasteiger partial charge in [0.2, 0.25) is 11.8 Å². The van der Waals surface area contributed by atoms with Crippen molar-refractivity contribution in [2.45, 2.75) is 37.9 Å². The van der Waals surface area contributed by atoms with Gasteiger partial charge in [-0.3, -0.25) is 4.90 Å². The van der Waals surface area contributed by atoms with Crippen LogP contribution in [0.25, 0.3) is 11.5 Å². The average molecular weight is 454 g/mol. The summed E-state index contributed by atoms with van der Waals surface area (Å²) in [5, 5.41) is 18.6. The number of aromatic nitrogens is 2. The quantitative estimate of drug-likeness (QED) is 0.456. The van der Waals surface area contributed by atoms with E-state index in [4.69, 9.17) is 9.15 Å². The molecule has 2 aromatic carbocycles. The number of hydrogen-bond donors (Lipinski definition) is 1. The molecule has 0 bridgehead atoms. The molecular formula is C25H31N3O3S. The summed E-state index contributed by atoms with van der Waals surface area (Å²) >= 11 is 1.65. The normalized spacial score (nSPS) is 15.9. The van der Waals surface area contributed by atoms with Gasteiger partial charge in [0.05, 0.1) is 0 Å². The van der Waals surface area contributed by atoms with Gasteiger partial charge < -0.3 is 14.3 Å². The maximum Gasteiger partial charge on any atom is 0.247 e. The summed E-state index contributed by atoms with van der Waals surface area (Å²) in [5.41, 5.74) is 1.63. The third kappa shape index (κ3) is 5.84. The van der Waals surface area contributed by atoms with E-state index < -0.39 is 0 Å². The smallest absolute Gasteiger partial charge is 0.247 e. The highest BCUT2D eigenvalue weighted by Crippen LogP contribution is 2.39. The molecule has 1 unspecified atom stereocenters. The molecule has 1 fully saturated rings. The number of likely N-dealkylation sites (tertiary alicyclic amines) is 1. The van der Waals surface area contributed by atoms with Crippen LogP contribution in [-0.4, -0.2) is 52.2 Å². The van der Waals surface area contributed by atoms with Crippen molar-refractivity contribution in [3.8, 4) is 23.0 Å². The number of hydrogen-bond acceptors (Lipinski definition) is 7. The van der Waals surface area contributed by atoms with Crippen LogP contribution in [0.5, 0.6) is 11.5 Å². The number of phenols is 1. The van der Waals surface area contributed by atoms with Gasteiger partial charge in [-0.15, -0.1) is 22.0 Å². The minimum Gasteiger partial charge on any atom is -0.508 e. The highest BCUT2D eigenvalue weighted by atomic mass is 32.2. The first-order valence-electron chi connectivity index (χ1n) is 11.4. The largest absolute Gasteiger partial charge is 0.508 e. The first-order chi connectivity index (χ1) is 15.7. The summed E-state index contributed by atoms with van der Waals surface area (Å²) in [6.45, 7) is 6.10. The van der Waals surface area contributed by atoms with Crippen molar-refractivity contribution in [3.63, 3.8) is 0 Å². The van der Waals surface area contributed by atoms with E-state index >= 15 is 0 Å². The van der Waals surface area contributed by atoms with Gasteiger partial charge in [-0.25, -0.2) is 0 Å². The molecule has 3 aromatic rings. The molecule has 1 N–H and O–H groups in total. The van der Waals surface area contributed by atoms with Gasteiger partial charge >= 0.3 is 0 Å². The summed E-state index contributed by atoms with van der Waals surface area (Å²) < 4.78 is 12.0. The van der Waals surface area contributed by atoms with E-state index in [2.05, 4.69) is 22.0 Å². The first-order valence-corrected chi connectivity index (χ1v) is 12.5. The van der Waals surface area contributed by atoms with Crippen LogP contribution in [0.1, 0.15) is 49.3 Å². The van der Waals surface area contributed by atoms with Crippen molar-refractivity contribution in [1.29, 1.82) is 0 Å². The summed E-state index contributed by atoms with van der Waals surface area (Å²) in [6.07, 6.45) is 5.28. The summed E-state index contributed by atoms with van der Waals surface area (Å²) in [7, 11) is 0. The third-order valence-corrected chi connectivity index (χ3v) is 6.82. The predicted octanol–water partition coefficient (Wildman–Crippen LogP) is 5.54. The van der Waals surface area contributed by atoms with Crippen molar-refractivity contribution >= 4 is 11.8 Å². The lowest BCUT2D eigenvalue weighted by Crippen LogP contribution is -2.29. The van der Waals surface area contributed by atoms with Crippen LogP contribution in [0.15, 0.2) is 52.9 Å². The fourth-order valence-corrected chi connectivity index (χ4v) is 4.92. The Morgan fingerprint density at radius 2 is 1.78 bits per heavy atom. The van der Waals surface area contributed by atoms with Crippen molar-refractivity contribution < 1.29 is 14.3 Å². The molecule has 0 aliphatic carbocycles. The number of aromatic hydroxyl groups is 1. The Labute approximate surface area is 194 Å². The van der Waals surface area contributed by atoms with Crippen molar-refractivity contribution in [2.24, 2.45) is 0 Å². The number of thioether (sulfide) groups is 1. The zero-order valence-corrected chi connectivity index (χ0v) is 19.4. The molecule has 1 aliphatic rings. The number of benzene rings is 2. The van der Waals surface area contributed by atoms with Crippen LogP contribution in [-0.2, 0) is 0 Å². The lowest BCUT2D eigenvalue weighted by Gasteiger charge is -2.19. The fourth-order valence-electron chi connectivity index (χ4n) is 3.97. The molecule has 4 rings (SSSR count). The van der Waals surface area contributed by atoms with E-state index in [1.165, 1.54) is 38.8 Å². The Morgan fingerprint density at radius 1 is 1.03 bits per heavy atom. The highest BCUT2D eigenvalue weighted by Gasteiger charge is 2.24. The molecule has 0 spiro atoms. The Bertz CT molecular complexity index is 969. The lowest BCUT2D eigenvalue weighted by atomic mass is 10.1. The van der Waals surface area contributed by atoms with Crippen LogP contribution in [0, 0.1) is 0 Å². The SMILES string of the molecule is CCSC(c1nnc(-c2ccc(OCCN3CCCCCC3)cc2)o1)c1ccccc1O. The molecule has 0 saturated carbocycles. The van der Waals surface area contributed by atoms with E-state index in [0.717, 1.165) is 29.2 Å². The number of rotatable bonds is 9. The van der Waals surface area contributed by atoms with Gasteiger partial charge in [-0.1, -0.05) is 38.0 Å². The van der Waals surface area contributed by atoms with Gasteiger partial charge in [-0.2, -0.15) is 0 Å². The van der Waals surface area contributed by atoms with Crippen molar-refractivity contribution in [3.05, 3.63) is 60.0 Å². The maximum absolute atomic E-state index is 10.3. The first kappa shape index (κ1) is 22.7. The van der Waals surface area contributed by atoms with Gasteiger partial charge in [-0.05, 0) is 62.0 Å². The summed E-state index contributed by atoms with van der Waals surface area (Å²) in [5.74, 6) is 2.90. The Balaban J connectivity index is 1.38. The second kappa shape index (κ2) is 11.4. The van der Waals surface area contributed by atoms with Crippen LogP contribution in [0.4, 0.5) is 0 Å². The molecule has 0 amide bonds. The van der Waals surface area contributed by atoms with Crippen LogP contribution in [0.3, 0.4) is 0 Å². The second-order valence-electron chi connectivity index (χ2n) is 7.97. The van der Waals surface area contributed by atoms with Crippen molar-refractivity contribution in [1.82, 2.24) is 15.1 Å². The van der Waals surface area contributed by atoms with E-state index in [1.807, 2.05) is 42.5 Å². The number of ether oxygens (including phenoxy) is 1. The van der Waals surface area contributed by atoms with Crippen molar-refractivity contribution in [2.75, 3.05) is 32.0 Å². The maximum atomic E-state index is 10.3. The zero-order valence-electron chi connectivity index (χ0n) is 18.6. The molecule has 0 radical (unpaired) electrons. The number of para-hydroxylation sites is 1. The van der Waals surface area contributed by atoms with Crippen LogP contribution in [0.2, 0.25) is 0 Å². The van der Waals surface area contributed by atoms with Gasteiger partial charge in [0.1, 0.15) is 23.4 Å². The molecule has 7 heteroatoms. The van der Waals surface area contributed by atoms with Crippen LogP contribution >= 0.6 is 11.8 Å². The van der Waals surface area contributed by atoms with E-state index in [1.54, 1.807) is 17.8 Å². The fraction of sp³-hybridized carbons (Fsp3) is 0.440. The minimum atomic E-state index is -0.205. The van der Waals surface area contributed by atoms with Crippen LogP contribution < -0.4 is 4.74 Å². The van der Waals surface area contributed by atoms with E-state index in [9.17, 15) is 5.11 Å². The van der Waals surface area contributed by atoms with Gasteiger partial charge in [0, 0.05) is 17.7 Å². The summed E-state index contributed by atoms with van der Waals surface area (Å²) in [6, 6.07) is 15.1. The molecule has 1 aliphatic heterocycles. The monoisotopic (exact) mass is 453 g/mol. The lowest BCUT2D eigenvalue weighted by molar-refractivity contribution is 0.214. The van der Waals surface area contributed by atoms with Gasteiger partial charge in [0.25, 0.3) is 0 Å². The second-order valence-corrected chi connectivity index (χ2v) is 9.35. The Morgan fingerprint density at radius 3 is 2.50 bits per heavy atom. The topological polar surface area (TPSA) is 71.6 Å². The third-order valence-electron chi connectivity index (χ3n) is 5.69. The van der Waals surface area contributed by atoms with E-state index in [0.29, 0.717) is 18.4 Å². The standard InChI is InChI=1S/C25H31N3O3S/c1-2-32-23(21-9-5-6-10-22(21)29)25-27-26-24(31-25)19-11-13-20(14-12-19)30-18-17-28-15-7-3-4-8-16-28/h5-6,9-14,23,29H,2-4,7-8,15-18H2,1H3. The minimum absolute atomic E-state index is 0.205. The molecule has 2 heterocycles.